The van der Waals surface area contributed by atoms with E-state index in [1.165, 1.54) is 11.3 Å². The van der Waals surface area contributed by atoms with Crippen LogP contribution in [0.5, 0.6) is 5.75 Å². The van der Waals surface area contributed by atoms with Crippen molar-refractivity contribution in [1.82, 2.24) is 10.3 Å². The van der Waals surface area contributed by atoms with Gasteiger partial charge in [-0.2, -0.15) is 0 Å². The number of hydrogen-bond donors (Lipinski definition) is 2. The fraction of sp³-hybridized carbons (Fsp3) is 0.412. The first kappa shape index (κ1) is 17.4. The zero-order valence-electron chi connectivity index (χ0n) is 13.8. The Kier molecular flexibility index (Phi) is 5.38. The maximum atomic E-state index is 12.2. The van der Waals surface area contributed by atoms with E-state index in [1.54, 1.807) is 20.2 Å². The monoisotopic (exact) mass is 334 g/mol. The van der Waals surface area contributed by atoms with Crippen LogP contribution >= 0.6 is 11.3 Å². The van der Waals surface area contributed by atoms with E-state index in [4.69, 9.17) is 4.74 Å². The summed E-state index contributed by atoms with van der Waals surface area (Å²) in [5.41, 5.74) is 0.00290. The molecule has 1 aromatic carbocycles. The van der Waals surface area contributed by atoms with Crippen molar-refractivity contribution >= 4 is 17.2 Å². The Morgan fingerprint density at radius 3 is 2.61 bits per heavy atom. The first-order valence-electron chi connectivity index (χ1n) is 7.44. The Morgan fingerprint density at radius 1 is 1.39 bits per heavy atom. The molecule has 1 atom stereocenters. The molecule has 0 saturated carbocycles. The molecule has 0 bridgehead atoms. The van der Waals surface area contributed by atoms with Crippen LogP contribution in [0.1, 0.15) is 30.4 Å². The number of methoxy groups -OCH3 is 1. The number of carbonyl (C=O) groups is 1. The van der Waals surface area contributed by atoms with E-state index in [1.807, 2.05) is 38.1 Å². The maximum absolute atomic E-state index is 12.2. The molecule has 0 saturated heterocycles. The minimum atomic E-state index is -0.931. The number of nitrogens with zero attached hydrogens (tertiary/aromatic N) is 1. The highest BCUT2D eigenvalue weighted by Gasteiger charge is 2.25. The number of benzene rings is 1. The lowest BCUT2D eigenvalue weighted by Crippen LogP contribution is -2.44. The molecule has 1 heterocycles. The fourth-order valence-corrected chi connectivity index (χ4v) is 2.63. The molecule has 2 N–H and O–H groups in total. The predicted molar refractivity (Wildman–Crippen MR) is 91.9 cm³/mol. The van der Waals surface area contributed by atoms with Gasteiger partial charge in [0.05, 0.1) is 18.9 Å². The van der Waals surface area contributed by atoms with Gasteiger partial charge >= 0.3 is 0 Å². The van der Waals surface area contributed by atoms with Gasteiger partial charge in [0.15, 0.2) is 0 Å². The Balaban J connectivity index is 2.04. The molecule has 124 valence electrons. The zero-order valence-corrected chi connectivity index (χ0v) is 14.6. The highest BCUT2D eigenvalue weighted by atomic mass is 32.1. The lowest BCUT2D eigenvalue weighted by molar-refractivity contribution is 0.0143. The minimum absolute atomic E-state index is 0.0547. The van der Waals surface area contributed by atoms with Gasteiger partial charge in [-0.3, -0.25) is 4.79 Å². The largest absolute Gasteiger partial charge is 0.497 e. The molecule has 0 aliphatic carbocycles. The molecule has 0 radical (unpaired) electrons. The molecule has 23 heavy (non-hydrogen) atoms. The molecule has 0 fully saturated rings. The molecule has 0 aliphatic heterocycles. The third-order valence-corrected chi connectivity index (χ3v) is 4.96. The van der Waals surface area contributed by atoms with Crippen molar-refractivity contribution in [2.45, 2.75) is 26.4 Å². The van der Waals surface area contributed by atoms with Crippen LogP contribution in [-0.4, -0.2) is 35.3 Å². The molecule has 2 aromatic rings. The Morgan fingerprint density at radius 2 is 2.04 bits per heavy atom. The zero-order chi connectivity index (χ0) is 17.0. The van der Waals surface area contributed by atoms with Gasteiger partial charge in [0.25, 0.3) is 5.91 Å². The summed E-state index contributed by atoms with van der Waals surface area (Å²) >= 11 is 1.32. The quantitative estimate of drug-likeness (QED) is 0.852. The number of rotatable bonds is 6. The second kappa shape index (κ2) is 7.10. The third-order valence-electron chi connectivity index (χ3n) is 3.92. The summed E-state index contributed by atoms with van der Waals surface area (Å²) in [6.45, 7) is 5.76. The van der Waals surface area contributed by atoms with Gasteiger partial charge in [0.1, 0.15) is 15.6 Å². The van der Waals surface area contributed by atoms with Gasteiger partial charge < -0.3 is 15.2 Å². The Hall–Kier alpha value is -1.92. The van der Waals surface area contributed by atoms with E-state index in [0.717, 1.165) is 16.3 Å². The SMILES string of the molecule is COc1ccc(-c2ncc(C(=O)NCC(C)(O)C(C)C)s2)cc1. The average molecular weight is 334 g/mol. The molecule has 0 aliphatic rings. The highest BCUT2D eigenvalue weighted by molar-refractivity contribution is 7.16. The topological polar surface area (TPSA) is 71.5 Å². The van der Waals surface area contributed by atoms with Crippen LogP contribution < -0.4 is 10.1 Å². The number of aliphatic hydroxyl groups is 1. The summed E-state index contributed by atoms with van der Waals surface area (Å²) in [5.74, 6) is 0.612. The number of nitrogens with one attached hydrogen (secondary N) is 1. The van der Waals surface area contributed by atoms with Crippen molar-refractivity contribution in [3.8, 4) is 16.3 Å². The maximum Gasteiger partial charge on any atom is 0.263 e. The number of ether oxygens (including phenoxy) is 1. The first-order valence-corrected chi connectivity index (χ1v) is 8.26. The van der Waals surface area contributed by atoms with Crippen LogP contribution in [0, 0.1) is 5.92 Å². The normalized spacial score (nSPS) is 13.7. The lowest BCUT2D eigenvalue weighted by Gasteiger charge is -2.27. The molecular weight excluding hydrogens is 312 g/mol. The summed E-state index contributed by atoms with van der Waals surface area (Å²) in [6, 6.07) is 7.53. The molecule has 2 rings (SSSR count). The first-order chi connectivity index (χ1) is 10.8. The van der Waals surface area contributed by atoms with E-state index < -0.39 is 5.60 Å². The predicted octanol–water partition coefficient (Wildman–Crippen LogP) is 2.96. The summed E-state index contributed by atoms with van der Waals surface area (Å²) in [6.07, 6.45) is 1.56. The Labute approximate surface area is 140 Å². The second-order valence-corrected chi connectivity index (χ2v) is 6.98. The standard InChI is InChI=1S/C17H22N2O3S/c1-11(2)17(3,21)10-19-15(20)14-9-18-16(23-14)12-5-7-13(22-4)8-6-12/h5-9,11,21H,10H2,1-4H3,(H,19,20). The van der Waals surface area contributed by atoms with Crippen LogP contribution in [0.2, 0.25) is 0 Å². The van der Waals surface area contributed by atoms with Crippen LogP contribution in [0.3, 0.4) is 0 Å². The Bertz CT molecular complexity index is 663. The van der Waals surface area contributed by atoms with Gasteiger partial charge in [-0.05, 0) is 37.1 Å². The molecule has 6 heteroatoms. The average Bonchev–Trinajstić information content (AvgIpc) is 3.02. The summed E-state index contributed by atoms with van der Waals surface area (Å²) < 4.78 is 5.13. The van der Waals surface area contributed by atoms with Gasteiger partial charge in [-0.15, -0.1) is 11.3 Å². The highest BCUT2D eigenvalue weighted by Crippen LogP contribution is 2.27. The minimum Gasteiger partial charge on any atom is -0.497 e. The van der Waals surface area contributed by atoms with E-state index >= 15 is 0 Å². The van der Waals surface area contributed by atoms with Gasteiger partial charge in [0, 0.05) is 12.1 Å². The number of aromatic nitrogens is 1. The van der Waals surface area contributed by atoms with Gasteiger partial charge in [-0.1, -0.05) is 13.8 Å². The van der Waals surface area contributed by atoms with Gasteiger partial charge in [-0.25, -0.2) is 4.98 Å². The summed E-state index contributed by atoms with van der Waals surface area (Å²) in [7, 11) is 1.62. The summed E-state index contributed by atoms with van der Waals surface area (Å²) in [5, 5.41) is 13.7. The molecular formula is C17H22N2O3S. The van der Waals surface area contributed by atoms with E-state index in [0.29, 0.717) is 4.88 Å². The lowest BCUT2D eigenvalue weighted by atomic mass is 9.92. The van der Waals surface area contributed by atoms with Crippen LogP contribution in [0.15, 0.2) is 30.5 Å². The van der Waals surface area contributed by atoms with Crippen molar-refractivity contribution in [2.24, 2.45) is 5.92 Å². The number of hydrogen-bond acceptors (Lipinski definition) is 5. The van der Waals surface area contributed by atoms with Crippen molar-refractivity contribution in [3.63, 3.8) is 0 Å². The molecule has 1 aromatic heterocycles. The summed E-state index contributed by atoms with van der Waals surface area (Å²) in [4.78, 5) is 17.0. The van der Waals surface area contributed by atoms with Gasteiger partial charge in [0.2, 0.25) is 0 Å². The smallest absolute Gasteiger partial charge is 0.263 e. The molecule has 1 amide bonds. The van der Waals surface area contributed by atoms with Crippen molar-refractivity contribution in [3.05, 3.63) is 35.3 Å². The number of thiazole rings is 1. The number of carbonyl (C=O) groups excluding carboxylic acids is 1. The number of amides is 1. The molecule has 0 spiro atoms. The van der Waals surface area contributed by atoms with E-state index in [9.17, 15) is 9.90 Å². The van der Waals surface area contributed by atoms with Crippen LogP contribution in [0.4, 0.5) is 0 Å². The van der Waals surface area contributed by atoms with Crippen LogP contribution in [-0.2, 0) is 0 Å². The fourth-order valence-electron chi connectivity index (χ4n) is 1.80. The van der Waals surface area contributed by atoms with Crippen molar-refractivity contribution in [1.29, 1.82) is 0 Å². The van der Waals surface area contributed by atoms with E-state index in [-0.39, 0.29) is 18.4 Å². The third kappa shape index (κ3) is 4.30. The molecule has 1 unspecified atom stereocenters. The second-order valence-electron chi connectivity index (χ2n) is 5.95. The molecule has 5 nitrogen and oxygen atoms in total. The van der Waals surface area contributed by atoms with Crippen LogP contribution in [0.25, 0.3) is 10.6 Å². The van der Waals surface area contributed by atoms with E-state index in [2.05, 4.69) is 10.3 Å². The van der Waals surface area contributed by atoms with Crippen molar-refractivity contribution < 1.29 is 14.6 Å². The van der Waals surface area contributed by atoms with Crippen molar-refractivity contribution in [2.75, 3.05) is 13.7 Å².